The molecular weight excluding hydrogens is 203 g/mol. The van der Waals surface area contributed by atoms with Crippen LogP contribution in [0.3, 0.4) is 0 Å². The summed E-state index contributed by atoms with van der Waals surface area (Å²) in [6.45, 7) is 4.88. The van der Waals surface area contributed by atoms with Gasteiger partial charge >= 0.3 is 6.18 Å². The maximum Gasteiger partial charge on any atom is 0.389 e. The molecule has 1 nitrogen and oxygen atoms in total. The zero-order valence-electron chi connectivity index (χ0n) is 9.40. The zero-order chi connectivity index (χ0) is 11.5. The maximum absolute atomic E-state index is 11.9. The Bertz CT molecular complexity index is 191. The van der Waals surface area contributed by atoms with E-state index in [9.17, 15) is 13.2 Å². The third kappa shape index (κ3) is 4.41. The fraction of sp³-hybridized carbons (Fsp3) is 1.00. The minimum Gasteiger partial charge on any atom is -0.314 e. The van der Waals surface area contributed by atoms with Crippen LogP contribution in [0.15, 0.2) is 0 Å². The van der Waals surface area contributed by atoms with Crippen molar-refractivity contribution in [3.63, 3.8) is 0 Å². The fourth-order valence-corrected chi connectivity index (χ4v) is 2.23. The first kappa shape index (κ1) is 12.8. The van der Waals surface area contributed by atoms with Crippen LogP contribution in [0.25, 0.3) is 0 Å². The highest BCUT2D eigenvalue weighted by Crippen LogP contribution is 2.31. The van der Waals surface area contributed by atoms with Gasteiger partial charge in [0.05, 0.1) is 0 Å². The Morgan fingerprint density at radius 1 is 1.20 bits per heavy atom. The van der Waals surface area contributed by atoms with E-state index in [1.54, 1.807) is 0 Å². The molecule has 3 atom stereocenters. The normalized spacial score (nSPS) is 32.2. The Morgan fingerprint density at radius 3 is 2.33 bits per heavy atom. The molecule has 0 heterocycles. The Kier molecular flexibility index (Phi) is 4.44. The van der Waals surface area contributed by atoms with Crippen molar-refractivity contribution in [2.75, 3.05) is 6.54 Å². The quantitative estimate of drug-likeness (QED) is 0.721. The molecule has 0 aromatic heterocycles. The zero-order valence-corrected chi connectivity index (χ0v) is 9.40. The van der Waals surface area contributed by atoms with E-state index >= 15 is 0 Å². The number of nitrogens with one attached hydrogen (secondary N) is 1. The molecule has 90 valence electrons. The molecule has 1 saturated carbocycles. The van der Waals surface area contributed by atoms with E-state index in [-0.39, 0.29) is 6.42 Å². The minimum atomic E-state index is -4.00. The average molecular weight is 223 g/mol. The largest absolute Gasteiger partial charge is 0.389 e. The van der Waals surface area contributed by atoms with E-state index in [2.05, 4.69) is 19.2 Å². The molecule has 0 aromatic carbocycles. The maximum atomic E-state index is 11.9. The average Bonchev–Trinajstić information content (AvgIpc) is 2.42. The van der Waals surface area contributed by atoms with E-state index < -0.39 is 12.6 Å². The summed E-state index contributed by atoms with van der Waals surface area (Å²) in [7, 11) is 0. The van der Waals surface area contributed by atoms with Crippen LogP contribution in [0.5, 0.6) is 0 Å². The van der Waals surface area contributed by atoms with Crippen LogP contribution in [0.1, 0.15) is 39.5 Å². The predicted molar refractivity (Wildman–Crippen MR) is 54.6 cm³/mol. The molecule has 0 saturated heterocycles. The smallest absolute Gasteiger partial charge is 0.314 e. The first-order valence-electron chi connectivity index (χ1n) is 5.70. The van der Waals surface area contributed by atoms with Crippen molar-refractivity contribution < 1.29 is 13.2 Å². The number of alkyl halides is 3. The highest BCUT2D eigenvalue weighted by atomic mass is 19.4. The van der Waals surface area contributed by atoms with Gasteiger partial charge in [-0.2, -0.15) is 13.2 Å². The second kappa shape index (κ2) is 5.19. The minimum absolute atomic E-state index is 0.196. The molecule has 4 heteroatoms. The van der Waals surface area contributed by atoms with Crippen molar-refractivity contribution in [1.29, 1.82) is 0 Å². The van der Waals surface area contributed by atoms with E-state index in [1.165, 1.54) is 6.42 Å². The summed E-state index contributed by atoms with van der Waals surface area (Å²) >= 11 is 0. The van der Waals surface area contributed by atoms with Gasteiger partial charge in [0.2, 0.25) is 0 Å². The lowest BCUT2D eigenvalue weighted by molar-refractivity contribution is -0.135. The number of hydrogen-bond donors (Lipinski definition) is 1. The Balaban J connectivity index is 2.11. The van der Waals surface area contributed by atoms with Crippen LogP contribution < -0.4 is 5.32 Å². The summed E-state index contributed by atoms with van der Waals surface area (Å²) in [6, 6.07) is 0.424. The summed E-state index contributed by atoms with van der Waals surface area (Å²) < 4.78 is 35.6. The number of halogens is 3. The number of hydrogen-bond acceptors (Lipinski definition) is 1. The van der Waals surface area contributed by atoms with Crippen LogP contribution in [0.2, 0.25) is 0 Å². The molecule has 1 N–H and O–H groups in total. The lowest BCUT2D eigenvalue weighted by atomic mass is 9.98. The Morgan fingerprint density at radius 2 is 1.87 bits per heavy atom. The van der Waals surface area contributed by atoms with Crippen molar-refractivity contribution in [2.45, 2.75) is 51.7 Å². The first-order valence-corrected chi connectivity index (χ1v) is 5.70. The van der Waals surface area contributed by atoms with E-state index in [0.29, 0.717) is 24.4 Å². The molecule has 0 amide bonds. The highest BCUT2D eigenvalue weighted by Gasteiger charge is 2.30. The summed E-state index contributed by atoms with van der Waals surface area (Å²) in [5.41, 5.74) is 0. The fourth-order valence-electron chi connectivity index (χ4n) is 2.23. The van der Waals surface area contributed by atoms with Gasteiger partial charge in [0.25, 0.3) is 0 Å². The molecule has 0 aliphatic heterocycles. The third-order valence-electron chi connectivity index (χ3n) is 3.51. The lowest BCUT2D eigenvalue weighted by Gasteiger charge is -2.19. The number of rotatable bonds is 4. The summed E-state index contributed by atoms with van der Waals surface area (Å²) in [4.78, 5) is 0. The van der Waals surface area contributed by atoms with Crippen LogP contribution in [-0.4, -0.2) is 18.8 Å². The van der Waals surface area contributed by atoms with Gasteiger partial charge in [-0.25, -0.2) is 0 Å². The Hall–Kier alpha value is -0.250. The molecule has 15 heavy (non-hydrogen) atoms. The van der Waals surface area contributed by atoms with Crippen molar-refractivity contribution in [3.8, 4) is 0 Å². The molecule has 1 rings (SSSR count). The van der Waals surface area contributed by atoms with Crippen molar-refractivity contribution >= 4 is 0 Å². The second-order valence-electron chi connectivity index (χ2n) is 4.69. The van der Waals surface area contributed by atoms with Crippen LogP contribution in [0.4, 0.5) is 13.2 Å². The highest BCUT2D eigenvalue weighted by molar-refractivity contribution is 4.84. The van der Waals surface area contributed by atoms with Crippen molar-refractivity contribution in [2.24, 2.45) is 11.8 Å². The van der Waals surface area contributed by atoms with Gasteiger partial charge in [0.15, 0.2) is 0 Å². The monoisotopic (exact) mass is 223 g/mol. The third-order valence-corrected chi connectivity index (χ3v) is 3.51. The first-order chi connectivity index (χ1) is 6.90. The molecule has 1 fully saturated rings. The van der Waals surface area contributed by atoms with Crippen LogP contribution in [-0.2, 0) is 0 Å². The van der Waals surface area contributed by atoms with Gasteiger partial charge in [0, 0.05) is 12.5 Å². The van der Waals surface area contributed by atoms with Crippen LogP contribution in [0, 0.1) is 11.8 Å². The molecule has 0 spiro atoms. The molecule has 0 bridgehead atoms. The summed E-state index contributed by atoms with van der Waals surface area (Å²) in [5.74, 6) is 1.29. The standard InChI is InChI=1S/C11H20F3N/c1-8-4-5-10(9(8)2)15-7-3-6-11(12,13)14/h8-10,15H,3-7H2,1-2H3. The van der Waals surface area contributed by atoms with Gasteiger partial charge in [-0.05, 0) is 37.6 Å². The second-order valence-corrected chi connectivity index (χ2v) is 4.69. The molecule has 0 aromatic rings. The van der Waals surface area contributed by atoms with Gasteiger partial charge in [0.1, 0.15) is 0 Å². The molecule has 1 aliphatic rings. The van der Waals surface area contributed by atoms with Crippen molar-refractivity contribution in [3.05, 3.63) is 0 Å². The van der Waals surface area contributed by atoms with Crippen molar-refractivity contribution in [1.82, 2.24) is 5.32 Å². The van der Waals surface area contributed by atoms with Gasteiger partial charge < -0.3 is 5.32 Å². The van der Waals surface area contributed by atoms with Gasteiger partial charge in [-0.15, -0.1) is 0 Å². The molecule has 0 radical (unpaired) electrons. The Labute approximate surface area is 89.4 Å². The summed E-state index contributed by atoms with van der Waals surface area (Å²) in [5, 5.41) is 3.23. The van der Waals surface area contributed by atoms with E-state index in [0.717, 1.165) is 6.42 Å². The van der Waals surface area contributed by atoms with Gasteiger partial charge in [-0.1, -0.05) is 13.8 Å². The van der Waals surface area contributed by atoms with E-state index in [4.69, 9.17) is 0 Å². The molecular formula is C11H20F3N. The molecule has 3 unspecified atom stereocenters. The summed E-state index contributed by atoms with van der Waals surface area (Å²) in [6.07, 6.45) is -2.18. The molecule has 1 aliphatic carbocycles. The van der Waals surface area contributed by atoms with E-state index in [1.807, 2.05) is 0 Å². The lowest BCUT2D eigenvalue weighted by Crippen LogP contribution is -2.33. The topological polar surface area (TPSA) is 12.0 Å². The van der Waals surface area contributed by atoms with Gasteiger partial charge in [-0.3, -0.25) is 0 Å². The van der Waals surface area contributed by atoms with Crippen LogP contribution >= 0.6 is 0 Å². The predicted octanol–water partition coefficient (Wildman–Crippen LogP) is 3.35. The SMILES string of the molecule is CC1CCC(NCCCC(F)(F)F)C1C.